The van der Waals surface area contributed by atoms with Crippen LogP contribution in [-0.4, -0.2) is 4.57 Å². The summed E-state index contributed by atoms with van der Waals surface area (Å²) in [4.78, 5) is 2.43. The van der Waals surface area contributed by atoms with Crippen LogP contribution >= 0.6 is 0 Å². The lowest BCUT2D eigenvalue weighted by molar-refractivity contribution is 0.669. The molecule has 0 N–H and O–H groups in total. The Hall–Kier alpha value is -7.62. The van der Waals surface area contributed by atoms with Gasteiger partial charge in [-0.2, -0.15) is 0 Å². The molecule has 0 aliphatic carbocycles. The molecule has 0 bridgehead atoms. The molecule has 266 valence electrons. The quantitative estimate of drug-likeness (QED) is 0.176. The second kappa shape index (κ2) is 12.5. The Morgan fingerprint density at radius 1 is 0.368 bits per heavy atom. The smallest absolute Gasteiger partial charge is 0.138 e. The molecule has 0 fully saturated rings. The van der Waals surface area contributed by atoms with Crippen LogP contribution in [-0.2, 0) is 0 Å². The molecule has 0 atom stereocenters. The van der Waals surface area contributed by atoms with E-state index < -0.39 is 0 Å². The van der Waals surface area contributed by atoms with Crippen LogP contribution in [0.5, 0.6) is 0 Å². The predicted octanol–water partition coefficient (Wildman–Crippen LogP) is 15.3. The van der Waals surface area contributed by atoms with E-state index in [9.17, 15) is 0 Å². The third-order valence-corrected chi connectivity index (χ3v) is 11.7. The van der Waals surface area contributed by atoms with Crippen molar-refractivity contribution in [1.82, 2.24) is 4.57 Å². The third-order valence-electron chi connectivity index (χ3n) is 11.7. The summed E-state index contributed by atoms with van der Waals surface area (Å²) >= 11 is 0. The molecule has 57 heavy (non-hydrogen) atoms. The summed E-state index contributed by atoms with van der Waals surface area (Å²) in [6, 6.07) is 74.5. The lowest BCUT2D eigenvalue weighted by Gasteiger charge is -2.28. The summed E-state index contributed by atoms with van der Waals surface area (Å²) in [5, 5.41) is 11.8. The van der Waals surface area contributed by atoms with Crippen molar-refractivity contribution in [2.75, 3.05) is 4.90 Å². The van der Waals surface area contributed by atoms with Crippen molar-refractivity contribution in [3.63, 3.8) is 0 Å². The number of para-hydroxylation sites is 2. The topological polar surface area (TPSA) is 21.3 Å². The van der Waals surface area contributed by atoms with E-state index in [1.54, 1.807) is 0 Å². The average Bonchev–Trinajstić information content (AvgIpc) is 3.82. The van der Waals surface area contributed by atoms with E-state index in [1.807, 2.05) is 6.07 Å². The van der Waals surface area contributed by atoms with Gasteiger partial charge in [-0.25, -0.2) is 0 Å². The van der Waals surface area contributed by atoms with Crippen molar-refractivity contribution in [2.45, 2.75) is 0 Å². The molecule has 0 saturated heterocycles. The molecule has 2 aromatic heterocycles. The number of benzene rings is 10. The minimum absolute atomic E-state index is 0.875. The lowest BCUT2D eigenvalue weighted by atomic mass is 9.97. The van der Waals surface area contributed by atoms with Gasteiger partial charge < -0.3 is 13.9 Å². The van der Waals surface area contributed by atoms with Gasteiger partial charge in [-0.05, 0) is 87.3 Å². The van der Waals surface area contributed by atoms with Crippen LogP contribution in [0, 0.1) is 0 Å². The Labute approximate surface area is 328 Å². The number of hydrogen-bond acceptors (Lipinski definition) is 2. The molecule has 12 aromatic rings. The number of furan rings is 1. The fourth-order valence-corrected chi connectivity index (χ4v) is 9.27. The highest BCUT2D eigenvalue weighted by atomic mass is 16.3. The molecule has 3 heteroatoms. The van der Waals surface area contributed by atoms with Gasteiger partial charge in [-0.15, -0.1) is 0 Å². The van der Waals surface area contributed by atoms with Crippen LogP contribution in [0.4, 0.5) is 17.1 Å². The maximum absolute atomic E-state index is 6.59. The maximum Gasteiger partial charge on any atom is 0.138 e. The van der Waals surface area contributed by atoms with E-state index in [4.69, 9.17) is 4.42 Å². The summed E-state index contributed by atoms with van der Waals surface area (Å²) in [7, 11) is 0. The van der Waals surface area contributed by atoms with Gasteiger partial charge in [-0.1, -0.05) is 152 Å². The molecule has 0 unspecified atom stereocenters. The molecular weight excluding hydrogens is 693 g/mol. The van der Waals surface area contributed by atoms with E-state index in [2.05, 4.69) is 210 Å². The van der Waals surface area contributed by atoms with Crippen LogP contribution in [0.2, 0.25) is 0 Å². The molecule has 0 radical (unpaired) electrons. The second-order valence-electron chi connectivity index (χ2n) is 14.9. The van der Waals surface area contributed by atoms with Crippen LogP contribution < -0.4 is 4.90 Å². The Morgan fingerprint density at radius 2 is 1.02 bits per heavy atom. The number of anilines is 3. The van der Waals surface area contributed by atoms with Crippen molar-refractivity contribution in [3.05, 3.63) is 206 Å². The fraction of sp³-hybridized carbons (Fsp3) is 0. The van der Waals surface area contributed by atoms with Gasteiger partial charge in [0.1, 0.15) is 11.2 Å². The number of fused-ring (bicyclic) bond motifs is 10. The Kier molecular flexibility index (Phi) is 6.93. The first kappa shape index (κ1) is 31.7. The van der Waals surface area contributed by atoms with E-state index >= 15 is 0 Å². The van der Waals surface area contributed by atoms with Crippen LogP contribution in [0.1, 0.15) is 0 Å². The van der Waals surface area contributed by atoms with Gasteiger partial charge in [0.05, 0.1) is 27.8 Å². The molecule has 0 spiro atoms. The molecule has 12 rings (SSSR count). The number of hydrogen-bond donors (Lipinski definition) is 0. The summed E-state index contributed by atoms with van der Waals surface area (Å²) in [6.07, 6.45) is 0. The van der Waals surface area contributed by atoms with E-state index in [-0.39, 0.29) is 0 Å². The molecule has 0 aliphatic rings. The second-order valence-corrected chi connectivity index (χ2v) is 14.9. The van der Waals surface area contributed by atoms with Gasteiger partial charge in [0.15, 0.2) is 0 Å². The molecule has 0 aliphatic heterocycles. The first-order chi connectivity index (χ1) is 28.3. The average molecular weight is 727 g/mol. The van der Waals surface area contributed by atoms with Crippen LogP contribution in [0.25, 0.3) is 92.9 Å². The summed E-state index contributed by atoms with van der Waals surface area (Å²) < 4.78 is 9.07. The lowest BCUT2D eigenvalue weighted by Crippen LogP contribution is -2.11. The van der Waals surface area contributed by atoms with Crippen molar-refractivity contribution >= 4 is 93.1 Å². The normalized spacial score (nSPS) is 11.9. The van der Waals surface area contributed by atoms with Gasteiger partial charge >= 0.3 is 0 Å². The third kappa shape index (κ3) is 4.79. The minimum atomic E-state index is 0.875. The Bertz CT molecular complexity index is 3520. The predicted molar refractivity (Wildman–Crippen MR) is 241 cm³/mol. The van der Waals surface area contributed by atoms with E-state index in [0.717, 1.165) is 55.6 Å². The minimum Gasteiger partial charge on any atom is -0.456 e. The van der Waals surface area contributed by atoms with Gasteiger partial charge in [0.2, 0.25) is 0 Å². The van der Waals surface area contributed by atoms with Crippen molar-refractivity contribution < 1.29 is 4.42 Å². The number of rotatable bonds is 5. The highest BCUT2D eigenvalue weighted by Gasteiger charge is 2.24. The fourth-order valence-electron chi connectivity index (χ4n) is 9.27. The van der Waals surface area contributed by atoms with Crippen LogP contribution in [0.15, 0.2) is 211 Å². The van der Waals surface area contributed by atoms with Crippen molar-refractivity contribution in [2.24, 2.45) is 0 Å². The standard InChI is InChI=1S/C54H34N2O/c1-3-15-35(16-4-1)40-29-32-47(44-24-12-11-23-43(40)44)56-48-31-28-39(34-46(48)52-41-21-9-7-17-36(41)27-30-49(52)56)55(38-19-5-2-6-20-38)54-42-22-10-8-18-37(42)33-51-53(54)45-25-13-14-26-50(45)57-51/h1-34H. The monoisotopic (exact) mass is 726 g/mol. The van der Waals surface area contributed by atoms with Gasteiger partial charge in [-0.3, -0.25) is 0 Å². The summed E-state index contributed by atoms with van der Waals surface area (Å²) in [6.45, 7) is 0. The summed E-state index contributed by atoms with van der Waals surface area (Å²) in [5.41, 5.74) is 11.0. The van der Waals surface area contributed by atoms with Gasteiger partial charge in [0.25, 0.3) is 0 Å². The first-order valence-corrected chi connectivity index (χ1v) is 19.5. The zero-order valence-corrected chi connectivity index (χ0v) is 30.9. The SMILES string of the molecule is c1ccc(-c2ccc(-n3c4ccc(N(c5ccccc5)c5c6ccccc6cc6oc7ccccc7c56)cc4c4c5ccccc5ccc43)c3ccccc23)cc1. The van der Waals surface area contributed by atoms with Crippen molar-refractivity contribution in [3.8, 4) is 16.8 Å². The Morgan fingerprint density at radius 3 is 1.84 bits per heavy atom. The molecule has 10 aromatic carbocycles. The largest absolute Gasteiger partial charge is 0.456 e. The molecule has 2 heterocycles. The van der Waals surface area contributed by atoms with Gasteiger partial charge in [0, 0.05) is 38.3 Å². The number of nitrogens with zero attached hydrogens (tertiary/aromatic N) is 2. The molecule has 0 saturated carbocycles. The highest BCUT2D eigenvalue weighted by molar-refractivity contribution is 6.24. The summed E-state index contributed by atoms with van der Waals surface area (Å²) in [5.74, 6) is 0. The number of aromatic nitrogens is 1. The zero-order chi connectivity index (χ0) is 37.5. The zero-order valence-electron chi connectivity index (χ0n) is 30.9. The van der Waals surface area contributed by atoms with Crippen molar-refractivity contribution in [1.29, 1.82) is 0 Å². The molecule has 0 amide bonds. The first-order valence-electron chi connectivity index (χ1n) is 19.5. The van der Waals surface area contributed by atoms with E-state index in [1.165, 1.54) is 54.3 Å². The highest BCUT2D eigenvalue weighted by Crippen LogP contribution is 2.49. The van der Waals surface area contributed by atoms with Crippen LogP contribution in [0.3, 0.4) is 0 Å². The maximum atomic E-state index is 6.59. The molecular formula is C54H34N2O. The van der Waals surface area contributed by atoms with E-state index in [0.29, 0.717) is 0 Å². The molecule has 3 nitrogen and oxygen atoms in total. The Balaban J connectivity index is 1.19.